The van der Waals surface area contributed by atoms with Gasteiger partial charge in [-0.2, -0.15) is 5.10 Å². The maximum atomic E-state index is 12.4. The van der Waals surface area contributed by atoms with Crippen molar-refractivity contribution < 1.29 is 4.79 Å². The van der Waals surface area contributed by atoms with Gasteiger partial charge in [-0.1, -0.05) is 0 Å². The van der Waals surface area contributed by atoms with Gasteiger partial charge < -0.3 is 5.32 Å². The molecule has 0 unspecified atom stereocenters. The first-order valence-electron chi connectivity index (χ1n) is 9.03. The fraction of sp³-hybridized carbons (Fsp3) is 0.778. The molecule has 5 aliphatic carbocycles. The Hall–Kier alpha value is -1.32. The van der Waals surface area contributed by atoms with Crippen LogP contribution in [-0.4, -0.2) is 22.6 Å². The van der Waals surface area contributed by atoms with Crippen LogP contribution < -0.4 is 5.32 Å². The summed E-state index contributed by atoms with van der Waals surface area (Å²) in [5, 5.41) is 10.4. The SMILES string of the molecule is O=C(NCC12CC3CC(CC(C3)C1)C2)c1cc(C2CC2)[nH]n1. The minimum absolute atomic E-state index is 0.0129. The number of hydrogen-bond donors (Lipinski definition) is 2. The highest BCUT2D eigenvalue weighted by Gasteiger charge is 2.50. The van der Waals surface area contributed by atoms with Gasteiger partial charge in [0, 0.05) is 18.2 Å². The van der Waals surface area contributed by atoms with E-state index < -0.39 is 0 Å². The maximum Gasteiger partial charge on any atom is 0.271 e. The fourth-order valence-corrected chi connectivity index (χ4v) is 5.92. The second-order valence-electron chi connectivity index (χ2n) is 8.58. The Labute approximate surface area is 131 Å². The molecular formula is C18H25N3O. The van der Waals surface area contributed by atoms with Crippen molar-refractivity contribution in [3.8, 4) is 0 Å². The van der Waals surface area contributed by atoms with Crippen LogP contribution in [0.4, 0.5) is 0 Å². The molecule has 5 fully saturated rings. The van der Waals surface area contributed by atoms with Crippen LogP contribution in [0.15, 0.2) is 6.07 Å². The predicted octanol–water partition coefficient (Wildman–Crippen LogP) is 3.23. The standard InChI is InChI=1S/C18H25N3O/c22-17(16-6-15(20-21-16)14-1-2-14)19-10-18-7-11-3-12(8-18)5-13(4-11)9-18/h6,11-14H,1-5,7-10H2,(H,19,22)(H,20,21). The molecule has 1 amide bonds. The highest BCUT2D eigenvalue weighted by molar-refractivity contribution is 5.92. The number of hydrogen-bond acceptors (Lipinski definition) is 2. The molecule has 0 radical (unpaired) electrons. The smallest absolute Gasteiger partial charge is 0.271 e. The summed E-state index contributed by atoms with van der Waals surface area (Å²) in [5.41, 5.74) is 2.12. The molecule has 4 nitrogen and oxygen atoms in total. The Morgan fingerprint density at radius 3 is 2.41 bits per heavy atom. The van der Waals surface area contributed by atoms with Crippen molar-refractivity contribution in [2.45, 2.75) is 57.3 Å². The molecule has 22 heavy (non-hydrogen) atoms. The fourth-order valence-electron chi connectivity index (χ4n) is 5.92. The van der Waals surface area contributed by atoms with E-state index in [0.717, 1.165) is 30.0 Å². The van der Waals surface area contributed by atoms with Gasteiger partial charge in [-0.15, -0.1) is 0 Å². The number of nitrogens with zero attached hydrogens (tertiary/aromatic N) is 1. The van der Waals surface area contributed by atoms with Crippen molar-refractivity contribution in [1.82, 2.24) is 15.5 Å². The maximum absolute atomic E-state index is 12.4. The van der Waals surface area contributed by atoms with Crippen molar-refractivity contribution in [1.29, 1.82) is 0 Å². The minimum Gasteiger partial charge on any atom is -0.350 e. The van der Waals surface area contributed by atoms with E-state index in [1.54, 1.807) is 0 Å². The molecule has 118 valence electrons. The zero-order chi connectivity index (χ0) is 14.7. The van der Waals surface area contributed by atoms with Crippen molar-refractivity contribution in [3.63, 3.8) is 0 Å². The van der Waals surface area contributed by atoms with Crippen molar-refractivity contribution in [2.75, 3.05) is 6.54 Å². The quantitative estimate of drug-likeness (QED) is 0.896. The van der Waals surface area contributed by atoms with Crippen LogP contribution in [0.3, 0.4) is 0 Å². The lowest BCUT2D eigenvalue weighted by Crippen LogP contribution is -2.51. The molecule has 1 heterocycles. The zero-order valence-corrected chi connectivity index (χ0v) is 13.1. The molecule has 1 aromatic heterocycles. The van der Waals surface area contributed by atoms with E-state index >= 15 is 0 Å². The summed E-state index contributed by atoms with van der Waals surface area (Å²) in [4.78, 5) is 12.4. The van der Waals surface area contributed by atoms with Crippen LogP contribution in [-0.2, 0) is 0 Å². The van der Waals surface area contributed by atoms with Crippen molar-refractivity contribution in [3.05, 3.63) is 17.5 Å². The van der Waals surface area contributed by atoms with Gasteiger partial charge in [-0.05, 0) is 80.6 Å². The lowest BCUT2D eigenvalue weighted by atomic mass is 9.49. The third-order valence-electron chi connectivity index (χ3n) is 6.64. The molecule has 0 atom stereocenters. The van der Waals surface area contributed by atoms with Crippen molar-refractivity contribution in [2.24, 2.45) is 23.2 Å². The topological polar surface area (TPSA) is 57.8 Å². The van der Waals surface area contributed by atoms with E-state index in [0.29, 0.717) is 17.0 Å². The highest BCUT2D eigenvalue weighted by Crippen LogP contribution is 2.59. The molecule has 0 aromatic carbocycles. The molecule has 1 aromatic rings. The number of rotatable bonds is 4. The molecular weight excluding hydrogens is 274 g/mol. The van der Waals surface area contributed by atoms with E-state index in [9.17, 15) is 4.79 Å². The monoisotopic (exact) mass is 299 g/mol. The lowest BCUT2D eigenvalue weighted by Gasteiger charge is -2.56. The first-order chi connectivity index (χ1) is 10.7. The summed E-state index contributed by atoms with van der Waals surface area (Å²) < 4.78 is 0. The molecule has 0 spiro atoms. The van der Waals surface area contributed by atoms with E-state index in [1.807, 2.05) is 6.07 Å². The van der Waals surface area contributed by atoms with Gasteiger partial charge in [0.25, 0.3) is 5.91 Å². The lowest BCUT2D eigenvalue weighted by molar-refractivity contribution is -0.0503. The number of aromatic nitrogens is 2. The van der Waals surface area contributed by atoms with E-state index in [2.05, 4.69) is 15.5 Å². The van der Waals surface area contributed by atoms with Gasteiger partial charge in [0.1, 0.15) is 5.69 Å². The van der Waals surface area contributed by atoms with Gasteiger partial charge in [0.15, 0.2) is 0 Å². The first-order valence-corrected chi connectivity index (χ1v) is 9.03. The average Bonchev–Trinajstić information content (AvgIpc) is 3.21. The largest absolute Gasteiger partial charge is 0.350 e. The molecule has 5 saturated carbocycles. The molecule has 0 saturated heterocycles. The summed E-state index contributed by atoms with van der Waals surface area (Å²) in [5.74, 6) is 3.45. The Balaban J connectivity index is 1.25. The molecule has 2 N–H and O–H groups in total. The Bertz CT molecular complexity index is 566. The van der Waals surface area contributed by atoms with Crippen LogP contribution in [0.25, 0.3) is 0 Å². The Morgan fingerprint density at radius 2 is 1.82 bits per heavy atom. The first kappa shape index (κ1) is 13.1. The number of H-pyrrole nitrogens is 1. The molecule has 4 heteroatoms. The third kappa shape index (κ3) is 2.19. The molecule has 6 rings (SSSR count). The van der Waals surface area contributed by atoms with Crippen LogP contribution in [0.5, 0.6) is 0 Å². The van der Waals surface area contributed by atoms with Gasteiger partial charge >= 0.3 is 0 Å². The van der Waals surface area contributed by atoms with E-state index in [4.69, 9.17) is 0 Å². The van der Waals surface area contributed by atoms with Crippen LogP contribution in [0.1, 0.15) is 73.5 Å². The normalized spacial score (nSPS) is 39.2. The summed E-state index contributed by atoms with van der Waals surface area (Å²) in [6.45, 7) is 0.862. The van der Waals surface area contributed by atoms with E-state index in [-0.39, 0.29) is 5.91 Å². The number of amides is 1. The Morgan fingerprint density at radius 1 is 1.18 bits per heavy atom. The van der Waals surface area contributed by atoms with Crippen LogP contribution in [0, 0.1) is 23.2 Å². The second kappa shape index (κ2) is 4.59. The minimum atomic E-state index is 0.0129. The summed E-state index contributed by atoms with van der Waals surface area (Å²) in [7, 11) is 0. The van der Waals surface area contributed by atoms with Gasteiger partial charge in [-0.3, -0.25) is 9.89 Å². The number of nitrogens with one attached hydrogen (secondary N) is 2. The van der Waals surface area contributed by atoms with Crippen LogP contribution in [0.2, 0.25) is 0 Å². The third-order valence-corrected chi connectivity index (χ3v) is 6.64. The van der Waals surface area contributed by atoms with E-state index in [1.165, 1.54) is 51.4 Å². The second-order valence-corrected chi connectivity index (χ2v) is 8.58. The summed E-state index contributed by atoms with van der Waals surface area (Å²) in [6, 6.07) is 1.95. The molecule has 5 aliphatic rings. The number of carbonyl (C=O) groups excluding carboxylic acids is 1. The van der Waals surface area contributed by atoms with Gasteiger partial charge in [-0.25, -0.2) is 0 Å². The Kier molecular flexibility index (Phi) is 2.74. The molecule has 4 bridgehead atoms. The molecule has 0 aliphatic heterocycles. The van der Waals surface area contributed by atoms with Gasteiger partial charge in [0.05, 0.1) is 0 Å². The van der Waals surface area contributed by atoms with Crippen molar-refractivity contribution >= 4 is 5.91 Å². The zero-order valence-electron chi connectivity index (χ0n) is 13.1. The van der Waals surface area contributed by atoms with Gasteiger partial charge in [0.2, 0.25) is 0 Å². The predicted molar refractivity (Wildman–Crippen MR) is 83.5 cm³/mol. The number of carbonyl (C=O) groups is 1. The summed E-state index contributed by atoms with van der Waals surface area (Å²) >= 11 is 0. The highest BCUT2D eigenvalue weighted by atomic mass is 16.1. The number of aromatic amines is 1. The van der Waals surface area contributed by atoms with Crippen LogP contribution >= 0.6 is 0 Å². The summed E-state index contributed by atoms with van der Waals surface area (Å²) in [6.07, 6.45) is 10.9. The average molecular weight is 299 g/mol.